The molecule has 0 saturated carbocycles. The van der Waals surface area contributed by atoms with Gasteiger partial charge in [0.2, 0.25) is 8.32 Å². The maximum atomic E-state index is 5.66. The van der Waals surface area contributed by atoms with E-state index in [0.29, 0.717) is 0 Å². The maximum Gasteiger partial charge on any atom is 0.237 e. The Morgan fingerprint density at radius 2 is 1.85 bits per heavy atom. The van der Waals surface area contributed by atoms with Crippen LogP contribution in [0.2, 0.25) is 19.6 Å². The first-order valence-corrected chi connectivity index (χ1v) is 6.95. The second-order valence-electron chi connectivity index (χ2n) is 3.36. The smallest absolute Gasteiger partial charge is 0.237 e. The van der Waals surface area contributed by atoms with Crippen molar-refractivity contribution in [2.45, 2.75) is 26.1 Å². The second kappa shape index (κ2) is 8.13. The summed E-state index contributed by atoms with van der Waals surface area (Å²) in [5.41, 5.74) is 0. The molecule has 0 aromatic carbocycles. The Kier molecular flexibility index (Phi) is 12.1. The van der Waals surface area contributed by atoms with Gasteiger partial charge in [-0.15, -0.1) is 31.2 Å². The Bertz CT molecular complexity index is 187. The molecule has 0 aromatic heterocycles. The Morgan fingerprint density at radius 1 is 1.31 bits per heavy atom. The van der Waals surface area contributed by atoms with Gasteiger partial charge in [0.25, 0.3) is 0 Å². The summed E-state index contributed by atoms with van der Waals surface area (Å²) < 4.78 is 5.66. The zero-order chi connectivity index (χ0) is 7.61. The molecule has 1 aliphatic carbocycles. The van der Waals surface area contributed by atoms with Crippen molar-refractivity contribution in [1.82, 2.24) is 0 Å². The van der Waals surface area contributed by atoms with Crippen LogP contribution in [-0.2, 0) is 26.1 Å². The van der Waals surface area contributed by atoms with Crippen molar-refractivity contribution in [3.63, 3.8) is 0 Å². The van der Waals surface area contributed by atoms with Crippen LogP contribution in [0.15, 0.2) is 17.9 Å². The van der Waals surface area contributed by atoms with Crippen molar-refractivity contribution < 1.29 is 26.1 Å². The van der Waals surface area contributed by atoms with E-state index in [2.05, 4.69) is 31.8 Å². The summed E-state index contributed by atoms with van der Waals surface area (Å²) in [5, 5.41) is 0. The van der Waals surface area contributed by atoms with Gasteiger partial charge >= 0.3 is 0 Å². The zero-order valence-electron chi connectivity index (χ0n) is 8.09. The fraction of sp³-hybridized carbons (Fsp3) is 0.500. The van der Waals surface area contributed by atoms with Gasteiger partial charge in [-0.05, 0) is 19.6 Å². The summed E-state index contributed by atoms with van der Waals surface area (Å²) in [4.78, 5) is 0. The number of allylic oxidation sites excluding steroid dienone is 3. The first-order valence-electron chi connectivity index (χ1n) is 3.54. The van der Waals surface area contributed by atoms with Crippen LogP contribution in [0.5, 0.6) is 0 Å². The average molecular weight is 274 g/mol. The van der Waals surface area contributed by atoms with Crippen molar-refractivity contribution >= 4 is 33.1 Å². The van der Waals surface area contributed by atoms with Crippen LogP contribution >= 0.6 is 24.8 Å². The van der Waals surface area contributed by atoms with E-state index in [4.69, 9.17) is 4.43 Å². The first-order chi connectivity index (χ1) is 4.58. The summed E-state index contributed by atoms with van der Waals surface area (Å²) in [5.74, 6) is 0.944. The third-order valence-electron chi connectivity index (χ3n) is 1.08. The van der Waals surface area contributed by atoms with E-state index in [0.717, 1.165) is 12.2 Å². The second-order valence-corrected chi connectivity index (χ2v) is 7.79. The minimum absolute atomic E-state index is 0. The molecule has 0 amide bonds. The molecule has 0 aromatic rings. The van der Waals surface area contributed by atoms with E-state index in [1.54, 1.807) is 0 Å². The van der Waals surface area contributed by atoms with E-state index in [1.807, 2.05) is 6.08 Å². The van der Waals surface area contributed by atoms with Gasteiger partial charge in [-0.2, -0.15) is 12.2 Å². The molecule has 0 radical (unpaired) electrons. The van der Waals surface area contributed by atoms with Crippen LogP contribution in [-0.4, -0.2) is 8.32 Å². The molecular formula is C8H15Cl2OSiTi-. The van der Waals surface area contributed by atoms with Crippen LogP contribution in [0.3, 0.4) is 0 Å². The fourth-order valence-corrected chi connectivity index (χ4v) is 1.58. The Balaban J connectivity index is -0.000000333. The molecule has 0 saturated heterocycles. The van der Waals surface area contributed by atoms with Gasteiger partial charge in [0.15, 0.2) is 0 Å². The molecule has 1 aliphatic rings. The molecule has 0 aliphatic heterocycles. The molecule has 76 valence electrons. The van der Waals surface area contributed by atoms with Crippen molar-refractivity contribution in [1.29, 1.82) is 0 Å². The molecule has 0 N–H and O–H groups in total. The van der Waals surface area contributed by atoms with Gasteiger partial charge in [-0.1, -0.05) is 5.76 Å². The van der Waals surface area contributed by atoms with Gasteiger partial charge in [0, 0.05) is 21.7 Å². The third-order valence-corrected chi connectivity index (χ3v) is 1.91. The van der Waals surface area contributed by atoms with Gasteiger partial charge < -0.3 is 4.43 Å². The van der Waals surface area contributed by atoms with E-state index < -0.39 is 8.32 Å². The van der Waals surface area contributed by atoms with Crippen molar-refractivity contribution in [2.75, 3.05) is 0 Å². The Hall–Kier alpha value is 0.791. The molecule has 1 rings (SSSR count). The number of hydrogen-bond donors (Lipinski definition) is 0. The third kappa shape index (κ3) is 9.10. The molecular weight excluding hydrogens is 259 g/mol. The number of halogens is 2. The van der Waals surface area contributed by atoms with Gasteiger partial charge in [-0.25, -0.2) is 6.08 Å². The number of hydrogen-bond acceptors (Lipinski definition) is 1. The molecule has 0 fully saturated rings. The molecule has 0 spiro atoms. The summed E-state index contributed by atoms with van der Waals surface area (Å²) >= 11 is 0. The van der Waals surface area contributed by atoms with Crippen LogP contribution in [0.1, 0.15) is 6.42 Å². The number of rotatable bonds is 2. The van der Waals surface area contributed by atoms with Gasteiger partial charge in [-0.3, -0.25) is 0 Å². The monoisotopic (exact) mass is 273 g/mol. The summed E-state index contributed by atoms with van der Waals surface area (Å²) in [6.45, 7) is 6.52. The van der Waals surface area contributed by atoms with Crippen LogP contribution in [0.25, 0.3) is 0 Å². The predicted octanol–water partition coefficient (Wildman–Crippen LogP) is 3.33. The molecule has 13 heavy (non-hydrogen) atoms. The van der Waals surface area contributed by atoms with Crippen LogP contribution in [0, 0.1) is 6.08 Å². The fourth-order valence-electron chi connectivity index (χ4n) is 0.784. The summed E-state index contributed by atoms with van der Waals surface area (Å²) in [6, 6.07) is 0. The minimum Gasteiger partial charge on any atom is -0.577 e. The Labute approximate surface area is 109 Å². The first kappa shape index (κ1) is 19.4. The minimum atomic E-state index is -1.37. The molecule has 5 heteroatoms. The van der Waals surface area contributed by atoms with Crippen molar-refractivity contribution in [2.24, 2.45) is 0 Å². The van der Waals surface area contributed by atoms with Crippen molar-refractivity contribution in [3.8, 4) is 0 Å². The summed E-state index contributed by atoms with van der Waals surface area (Å²) in [7, 11) is -1.37. The average Bonchev–Trinajstić information content (AvgIpc) is 2.12. The predicted molar refractivity (Wildman–Crippen MR) is 59.4 cm³/mol. The van der Waals surface area contributed by atoms with E-state index in [1.165, 1.54) is 0 Å². The van der Waals surface area contributed by atoms with Crippen LogP contribution < -0.4 is 0 Å². The summed E-state index contributed by atoms with van der Waals surface area (Å²) in [6.07, 6.45) is 8.11. The van der Waals surface area contributed by atoms with E-state index in [9.17, 15) is 0 Å². The topological polar surface area (TPSA) is 9.23 Å². The molecule has 0 bridgehead atoms. The van der Waals surface area contributed by atoms with Gasteiger partial charge in [0.1, 0.15) is 0 Å². The van der Waals surface area contributed by atoms with Gasteiger partial charge in [0.05, 0.1) is 0 Å². The van der Waals surface area contributed by atoms with Crippen LogP contribution in [0.4, 0.5) is 0 Å². The quantitative estimate of drug-likeness (QED) is 0.554. The normalized spacial score (nSPS) is 13.3. The standard InChI is InChI=1S/C8H13OSi.2ClH.Ti/c1-10(2,3)9-8-6-4-5-7-8;;;/h4,6H,5H2,1-3H3;2*1H;/q-1;;;. The molecule has 0 atom stereocenters. The maximum absolute atomic E-state index is 5.66. The van der Waals surface area contributed by atoms with Crippen molar-refractivity contribution in [3.05, 3.63) is 24.0 Å². The van der Waals surface area contributed by atoms with E-state index >= 15 is 0 Å². The largest absolute Gasteiger partial charge is 0.577 e. The molecule has 0 unspecified atom stereocenters. The molecule has 0 heterocycles. The van der Waals surface area contributed by atoms with E-state index in [-0.39, 0.29) is 46.5 Å². The zero-order valence-corrected chi connectivity index (χ0v) is 12.3. The SMILES string of the molecule is C[Si](C)(C)OC1=[C-]CC=C1.Cl.Cl.[Ti]. The molecule has 1 nitrogen and oxygen atoms in total. The Morgan fingerprint density at radius 3 is 2.15 bits per heavy atom.